The first kappa shape index (κ1) is 25.8. The minimum absolute atomic E-state index is 0.0996. The lowest BCUT2D eigenvalue weighted by Crippen LogP contribution is -2.50. The van der Waals surface area contributed by atoms with Gasteiger partial charge in [-0.2, -0.15) is 0 Å². The van der Waals surface area contributed by atoms with E-state index in [9.17, 15) is 14.4 Å². The van der Waals surface area contributed by atoms with Crippen LogP contribution < -0.4 is 15.5 Å². The molecule has 0 unspecified atom stereocenters. The number of ketones is 1. The summed E-state index contributed by atoms with van der Waals surface area (Å²) in [5.74, 6) is -0.580. The van der Waals surface area contributed by atoms with Gasteiger partial charge in [-0.3, -0.25) is 9.59 Å². The standard InChI is InChI=1S/C30H32N4O3/c1-19-13-15-21(16-14-19)26-23-11-6-7-12-24(23)34(18-25(35)30(3,4)5)28(36)27(32-26)33-29(37)31-22-10-8-9-20(2)17-22/h6-17,27H,18H2,1-5H3,(H2,31,33,37)/t27-/m0/s1. The number of nitrogens with one attached hydrogen (secondary N) is 2. The normalized spacial score (nSPS) is 15.4. The molecule has 3 aromatic carbocycles. The van der Waals surface area contributed by atoms with Gasteiger partial charge in [0.1, 0.15) is 0 Å². The van der Waals surface area contributed by atoms with Gasteiger partial charge in [0, 0.05) is 22.2 Å². The van der Waals surface area contributed by atoms with Crippen molar-refractivity contribution in [3.05, 3.63) is 95.1 Å². The van der Waals surface area contributed by atoms with Crippen LogP contribution in [0.3, 0.4) is 0 Å². The van der Waals surface area contributed by atoms with E-state index in [1.54, 1.807) is 6.07 Å². The average molecular weight is 497 g/mol. The molecule has 3 amide bonds. The third-order valence-corrected chi connectivity index (χ3v) is 6.22. The highest BCUT2D eigenvalue weighted by atomic mass is 16.2. The third-order valence-electron chi connectivity index (χ3n) is 6.22. The number of aryl methyl sites for hydroxylation is 2. The van der Waals surface area contributed by atoms with Crippen LogP contribution in [-0.4, -0.2) is 36.1 Å². The first-order valence-corrected chi connectivity index (χ1v) is 12.3. The van der Waals surface area contributed by atoms with Gasteiger partial charge >= 0.3 is 6.03 Å². The first-order chi connectivity index (χ1) is 17.5. The second-order valence-corrected chi connectivity index (χ2v) is 10.3. The summed E-state index contributed by atoms with van der Waals surface area (Å²) in [6.45, 7) is 9.26. The summed E-state index contributed by atoms with van der Waals surface area (Å²) in [6.07, 6.45) is -1.23. The second kappa shape index (κ2) is 10.4. The van der Waals surface area contributed by atoms with Crippen molar-refractivity contribution in [2.45, 2.75) is 40.8 Å². The number of rotatable bonds is 5. The van der Waals surface area contributed by atoms with Gasteiger partial charge in [-0.05, 0) is 37.6 Å². The highest BCUT2D eigenvalue weighted by Gasteiger charge is 2.35. The van der Waals surface area contributed by atoms with E-state index >= 15 is 0 Å². The van der Waals surface area contributed by atoms with Crippen LogP contribution in [0.25, 0.3) is 0 Å². The van der Waals surface area contributed by atoms with Gasteiger partial charge in [0.05, 0.1) is 17.9 Å². The summed E-state index contributed by atoms with van der Waals surface area (Å²) in [4.78, 5) is 46.1. The van der Waals surface area contributed by atoms with Gasteiger partial charge in [0.25, 0.3) is 5.91 Å². The molecular weight excluding hydrogens is 464 g/mol. The van der Waals surface area contributed by atoms with Crippen LogP contribution in [0.5, 0.6) is 0 Å². The molecule has 0 bridgehead atoms. The topological polar surface area (TPSA) is 90.9 Å². The molecule has 1 atom stereocenters. The van der Waals surface area contributed by atoms with E-state index in [4.69, 9.17) is 4.99 Å². The lowest BCUT2D eigenvalue weighted by atomic mass is 9.90. The van der Waals surface area contributed by atoms with E-state index in [1.165, 1.54) is 4.90 Å². The molecule has 190 valence electrons. The summed E-state index contributed by atoms with van der Waals surface area (Å²) in [5.41, 5.74) is 4.70. The zero-order chi connectivity index (χ0) is 26.7. The molecule has 4 rings (SSSR count). The number of amides is 3. The van der Waals surface area contributed by atoms with E-state index in [-0.39, 0.29) is 12.3 Å². The first-order valence-electron chi connectivity index (χ1n) is 12.3. The molecule has 37 heavy (non-hydrogen) atoms. The predicted molar refractivity (Wildman–Crippen MR) is 147 cm³/mol. The summed E-state index contributed by atoms with van der Waals surface area (Å²) < 4.78 is 0. The maximum absolute atomic E-state index is 13.9. The van der Waals surface area contributed by atoms with Crippen molar-refractivity contribution in [1.29, 1.82) is 0 Å². The number of fused-ring (bicyclic) bond motifs is 1. The highest BCUT2D eigenvalue weighted by Crippen LogP contribution is 2.29. The predicted octanol–water partition coefficient (Wildman–Crippen LogP) is 5.25. The Hall–Kier alpha value is -4.26. The minimum atomic E-state index is -1.23. The number of benzodiazepines with no additional fused rings is 1. The van der Waals surface area contributed by atoms with Crippen LogP contribution in [0, 0.1) is 19.3 Å². The van der Waals surface area contributed by atoms with Gasteiger partial charge < -0.3 is 15.5 Å². The molecule has 0 saturated carbocycles. The Kier molecular flexibility index (Phi) is 7.25. The fourth-order valence-electron chi connectivity index (χ4n) is 4.02. The number of anilines is 2. The summed E-state index contributed by atoms with van der Waals surface area (Å²) in [6, 6.07) is 22.0. The van der Waals surface area contributed by atoms with Crippen molar-refractivity contribution in [2.24, 2.45) is 10.4 Å². The van der Waals surface area contributed by atoms with E-state index in [0.717, 1.165) is 16.7 Å². The average Bonchev–Trinajstić information content (AvgIpc) is 2.95. The van der Waals surface area contributed by atoms with Gasteiger partial charge in [0.2, 0.25) is 6.17 Å². The van der Waals surface area contributed by atoms with Crippen LogP contribution >= 0.6 is 0 Å². The zero-order valence-corrected chi connectivity index (χ0v) is 21.8. The summed E-state index contributed by atoms with van der Waals surface area (Å²) >= 11 is 0. The van der Waals surface area contributed by atoms with Crippen molar-refractivity contribution >= 4 is 34.8 Å². The van der Waals surface area contributed by atoms with Crippen molar-refractivity contribution in [2.75, 3.05) is 16.8 Å². The van der Waals surface area contributed by atoms with Crippen molar-refractivity contribution in [3.8, 4) is 0 Å². The maximum atomic E-state index is 13.9. The molecule has 0 radical (unpaired) electrons. The molecule has 3 aromatic rings. The Bertz CT molecular complexity index is 1370. The Balaban J connectivity index is 1.77. The SMILES string of the molecule is Cc1ccc(C2=N[C@@H](NC(=O)Nc3cccc(C)c3)C(=O)N(CC(=O)C(C)(C)C)c3ccccc32)cc1. The molecule has 7 nitrogen and oxygen atoms in total. The number of para-hydroxylation sites is 1. The minimum Gasteiger partial charge on any atom is -0.308 e. The quantitative estimate of drug-likeness (QED) is 0.505. The van der Waals surface area contributed by atoms with Crippen LogP contribution in [-0.2, 0) is 9.59 Å². The number of nitrogens with zero attached hydrogens (tertiary/aromatic N) is 2. The van der Waals surface area contributed by atoms with Crippen molar-refractivity contribution < 1.29 is 14.4 Å². The molecule has 0 aromatic heterocycles. The molecule has 0 saturated heterocycles. The zero-order valence-electron chi connectivity index (χ0n) is 21.8. The van der Waals surface area contributed by atoms with E-state index in [1.807, 2.05) is 101 Å². The highest BCUT2D eigenvalue weighted by molar-refractivity contribution is 6.21. The number of benzene rings is 3. The van der Waals surface area contributed by atoms with Crippen LogP contribution in [0.4, 0.5) is 16.2 Å². The fourth-order valence-corrected chi connectivity index (χ4v) is 4.02. The molecular formula is C30H32N4O3. The van der Waals surface area contributed by atoms with Crippen LogP contribution in [0.15, 0.2) is 77.8 Å². The number of hydrogen-bond donors (Lipinski definition) is 2. The number of hydrogen-bond acceptors (Lipinski definition) is 4. The molecule has 0 fully saturated rings. The number of carbonyl (C=O) groups excluding carboxylic acids is 3. The number of Topliss-reactive ketones (excluding diaryl/α,β-unsaturated/α-hetero) is 1. The molecule has 1 aliphatic rings. The Morgan fingerprint density at radius 1 is 0.919 bits per heavy atom. The smallest absolute Gasteiger partial charge is 0.308 e. The summed E-state index contributed by atoms with van der Waals surface area (Å²) in [7, 11) is 0. The lowest BCUT2D eigenvalue weighted by Gasteiger charge is -2.28. The van der Waals surface area contributed by atoms with E-state index in [2.05, 4.69) is 10.6 Å². The Labute approximate surface area is 217 Å². The largest absolute Gasteiger partial charge is 0.321 e. The van der Waals surface area contributed by atoms with E-state index < -0.39 is 23.5 Å². The third kappa shape index (κ3) is 5.94. The van der Waals surface area contributed by atoms with Crippen LogP contribution in [0.2, 0.25) is 0 Å². The Morgan fingerprint density at radius 3 is 2.30 bits per heavy atom. The van der Waals surface area contributed by atoms with Crippen LogP contribution in [0.1, 0.15) is 43.0 Å². The fraction of sp³-hybridized carbons (Fsp3) is 0.267. The van der Waals surface area contributed by atoms with Gasteiger partial charge in [0.15, 0.2) is 5.78 Å². The molecule has 0 aliphatic carbocycles. The van der Waals surface area contributed by atoms with Gasteiger partial charge in [-0.1, -0.05) is 80.9 Å². The number of urea groups is 1. The molecule has 7 heteroatoms. The molecule has 2 N–H and O–H groups in total. The maximum Gasteiger partial charge on any atom is 0.321 e. The molecule has 1 heterocycles. The number of aliphatic imine (C=N–C) groups is 1. The summed E-state index contributed by atoms with van der Waals surface area (Å²) in [5, 5.41) is 5.50. The van der Waals surface area contributed by atoms with Crippen molar-refractivity contribution in [1.82, 2.24) is 5.32 Å². The second-order valence-electron chi connectivity index (χ2n) is 10.3. The molecule has 1 aliphatic heterocycles. The number of carbonyl (C=O) groups is 3. The molecule has 0 spiro atoms. The monoisotopic (exact) mass is 496 g/mol. The van der Waals surface area contributed by atoms with Gasteiger partial charge in [-0.25, -0.2) is 9.79 Å². The van der Waals surface area contributed by atoms with Gasteiger partial charge in [-0.15, -0.1) is 0 Å². The Morgan fingerprint density at radius 2 is 1.62 bits per heavy atom. The van der Waals surface area contributed by atoms with E-state index in [0.29, 0.717) is 22.6 Å². The lowest BCUT2D eigenvalue weighted by molar-refractivity contribution is -0.127. The van der Waals surface area contributed by atoms with Crippen molar-refractivity contribution in [3.63, 3.8) is 0 Å².